The van der Waals surface area contributed by atoms with Crippen LogP contribution in [0.2, 0.25) is 0 Å². The summed E-state index contributed by atoms with van der Waals surface area (Å²) in [5, 5.41) is 16.1. The Kier molecular flexibility index (Phi) is 7.90. The second kappa shape index (κ2) is 5.04. The van der Waals surface area contributed by atoms with Crippen LogP contribution >= 0.6 is 0 Å². The molecule has 0 saturated heterocycles. The van der Waals surface area contributed by atoms with Crippen molar-refractivity contribution in [3.05, 3.63) is 0 Å². The number of hydrogen-bond acceptors (Lipinski definition) is 2. The van der Waals surface area contributed by atoms with E-state index in [0.29, 0.717) is 0 Å². The molecule has 0 N–H and O–H groups in total. The van der Waals surface area contributed by atoms with Gasteiger partial charge in [0, 0.05) is 5.97 Å². The molecule has 0 aliphatic rings. The molecule has 0 atom stereocenters. The maximum Gasteiger partial charge on any atom is 1.00 e. The van der Waals surface area contributed by atoms with Gasteiger partial charge in [0.15, 0.2) is 0 Å². The standard InChI is InChI=1S/CBFNO.Li/c3-2(5)1-4;/q-1;+1. The molecule has 0 heterocycles. The quantitative estimate of drug-likeness (QED) is 0.277. The molecule has 0 aliphatic heterocycles. The van der Waals surface area contributed by atoms with Crippen molar-refractivity contribution in [2.75, 3.05) is 0 Å². The Bertz CT molecular complexity index is 61.1. The van der Waals surface area contributed by atoms with Crippen LogP contribution in [0.4, 0.5) is 4.32 Å². The molecular formula is CBFLiNO. The Labute approximate surface area is 47.3 Å². The first-order chi connectivity index (χ1) is 2.27. The fourth-order valence-corrected chi connectivity index (χ4v) is 0. The first kappa shape index (κ1) is 9.40. The largest absolute Gasteiger partial charge is 1.00 e. The molecule has 0 unspecified atom stereocenters. The average Bonchev–Trinajstić information content (AvgIpc) is 1.38. The number of rotatable bonds is 0. The second-order valence-corrected chi connectivity index (χ2v) is 0.445. The summed E-state index contributed by atoms with van der Waals surface area (Å²) in [6, 6.07) is 0. The summed E-state index contributed by atoms with van der Waals surface area (Å²) in [5.74, 6) is 0.806. The first-order valence-electron chi connectivity index (χ1n) is 0.966. The van der Waals surface area contributed by atoms with Gasteiger partial charge in [-0.05, 0) is 0 Å². The van der Waals surface area contributed by atoms with Gasteiger partial charge in [0.2, 0.25) is 0 Å². The minimum Gasteiger partial charge on any atom is -0.840 e. The van der Waals surface area contributed by atoms with E-state index in [2.05, 4.69) is 0 Å². The van der Waals surface area contributed by atoms with Crippen molar-refractivity contribution in [1.29, 1.82) is 5.26 Å². The number of nitriles is 1. The van der Waals surface area contributed by atoms with E-state index < -0.39 is 7.19 Å². The molecule has 0 aromatic heterocycles. The summed E-state index contributed by atoms with van der Waals surface area (Å²) < 4.78 is 10.5. The molecule has 0 aliphatic carbocycles. The van der Waals surface area contributed by atoms with Gasteiger partial charge in [0.1, 0.15) is 0 Å². The van der Waals surface area contributed by atoms with E-state index in [4.69, 9.17) is 10.3 Å². The van der Waals surface area contributed by atoms with Crippen LogP contribution in [0.15, 0.2) is 0 Å². The van der Waals surface area contributed by atoms with Crippen LogP contribution in [0.5, 0.6) is 0 Å². The predicted octanol–water partition coefficient (Wildman–Crippen LogP) is -4.13. The molecular weight excluding hydrogens is 78.8 g/mol. The van der Waals surface area contributed by atoms with Crippen LogP contribution in [0.25, 0.3) is 0 Å². The Morgan fingerprint density at radius 2 is 2.00 bits per heavy atom. The predicted molar refractivity (Wildman–Crippen MR) is 12.5 cm³/mol. The third-order valence-corrected chi connectivity index (χ3v) is 0.101. The fourth-order valence-electron chi connectivity index (χ4n) is 0. The average molecular weight is 78.8 g/mol. The van der Waals surface area contributed by atoms with Crippen molar-refractivity contribution in [3.63, 3.8) is 0 Å². The van der Waals surface area contributed by atoms with E-state index in [1.165, 1.54) is 0 Å². The van der Waals surface area contributed by atoms with E-state index in [0.717, 1.165) is 5.97 Å². The number of halogens is 1. The van der Waals surface area contributed by atoms with Crippen LogP contribution in [0, 0.1) is 11.2 Å². The fraction of sp³-hybridized carbons (Fsp3) is 0. The van der Waals surface area contributed by atoms with Crippen LogP contribution in [-0.4, -0.2) is 7.19 Å². The summed E-state index contributed by atoms with van der Waals surface area (Å²) in [4.78, 5) is 0. The molecule has 0 aromatic carbocycles. The van der Waals surface area contributed by atoms with Gasteiger partial charge in [-0.3, -0.25) is 0 Å². The molecule has 0 spiro atoms. The zero-order chi connectivity index (χ0) is 4.28. The zero-order valence-corrected chi connectivity index (χ0v) is 3.31. The Morgan fingerprint density at radius 3 is 2.00 bits per heavy atom. The Hall–Kier alpha value is 0.0423. The van der Waals surface area contributed by atoms with Crippen molar-refractivity contribution >= 4 is 7.19 Å². The second-order valence-electron chi connectivity index (χ2n) is 0.445. The topological polar surface area (TPSA) is 46.8 Å². The van der Waals surface area contributed by atoms with Gasteiger partial charge in [-0.25, -0.2) is 5.26 Å². The molecule has 6 heavy (non-hydrogen) atoms. The SMILES string of the molecule is N#CB([O-])F.[Li+]. The van der Waals surface area contributed by atoms with Gasteiger partial charge in [-0.1, -0.05) is 0 Å². The summed E-state index contributed by atoms with van der Waals surface area (Å²) in [5.41, 5.74) is 0. The van der Waals surface area contributed by atoms with E-state index in [1.807, 2.05) is 0 Å². The Morgan fingerprint density at radius 1 is 1.83 bits per heavy atom. The molecule has 0 radical (unpaired) electrons. The van der Waals surface area contributed by atoms with Crippen molar-refractivity contribution in [2.45, 2.75) is 0 Å². The summed E-state index contributed by atoms with van der Waals surface area (Å²) in [6.07, 6.45) is 0. The summed E-state index contributed by atoms with van der Waals surface area (Å²) >= 11 is 0. The Balaban J connectivity index is 0. The van der Waals surface area contributed by atoms with Crippen LogP contribution < -0.4 is 23.9 Å². The minimum absolute atomic E-state index is 0. The molecule has 5 heteroatoms. The van der Waals surface area contributed by atoms with Crippen LogP contribution in [0.1, 0.15) is 0 Å². The molecule has 0 aromatic rings. The molecule has 0 bridgehead atoms. The molecule has 2 nitrogen and oxygen atoms in total. The molecule has 0 rings (SSSR count). The maximum absolute atomic E-state index is 10.5. The molecule has 0 saturated carbocycles. The van der Waals surface area contributed by atoms with Gasteiger partial charge >= 0.3 is 26.1 Å². The van der Waals surface area contributed by atoms with Gasteiger partial charge in [0.05, 0.1) is 0 Å². The minimum atomic E-state index is -2.56. The van der Waals surface area contributed by atoms with Crippen LogP contribution in [0.3, 0.4) is 0 Å². The summed E-state index contributed by atoms with van der Waals surface area (Å²) in [6.45, 7) is 0. The van der Waals surface area contributed by atoms with Gasteiger partial charge in [-0.2, -0.15) is 0 Å². The third-order valence-electron chi connectivity index (χ3n) is 0.101. The van der Waals surface area contributed by atoms with Gasteiger partial charge in [0.25, 0.3) is 0 Å². The smallest absolute Gasteiger partial charge is 0.840 e. The number of nitrogens with zero attached hydrogens (tertiary/aromatic N) is 1. The van der Waals surface area contributed by atoms with E-state index >= 15 is 0 Å². The number of hydrogen-bond donors (Lipinski definition) is 0. The monoisotopic (exact) mass is 79.0 g/mol. The van der Waals surface area contributed by atoms with Crippen molar-refractivity contribution in [2.24, 2.45) is 0 Å². The van der Waals surface area contributed by atoms with E-state index in [1.54, 1.807) is 0 Å². The molecule has 0 fully saturated rings. The zero-order valence-electron chi connectivity index (χ0n) is 3.31. The molecule has 26 valence electrons. The van der Waals surface area contributed by atoms with E-state index in [-0.39, 0.29) is 18.9 Å². The van der Waals surface area contributed by atoms with Crippen LogP contribution in [-0.2, 0) is 0 Å². The maximum atomic E-state index is 10.5. The van der Waals surface area contributed by atoms with E-state index in [9.17, 15) is 4.32 Å². The van der Waals surface area contributed by atoms with Crippen molar-refractivity contribution in [1.82, 2.24) is 0 Å². The van der Waals surface area contributed by atoms with Gasteiger partial charge < -0.3 is 9.34 Å². The summed E-state index contributed by atoms with van der Waals surface area (Å²) in [7, 11) is -2.56. The van der Waals surface area contributed by atoms with Crippen molar-refractivity contribution < 1.29 is 28.2 Å². The normalized spacial score (nSPS) is 4.83. The van der Waals surface area contributed by atoms with Crippen molar-refractivity contribution in [3.8, 4) is 5.97 Å². The first-order valence-corrected chi connectivity index (χ1v) is 0.966. The van der Waals surface area contributed by atoms with Gasteiger partial charge in [-0.15, -0.1) is 0 Å². The third kappa shape index (κ3) is 8.97. The molecule has 0 amide bonds.